The Morgan fingerprint density at radius 3 is 2.52 bits per heavy atom. The van der Waals surface area contributed by atoms with Crippen LogP contribution in [0.15, 0.2) is 48.8 Å². The molecule has 3 aromatic rings. The van der Waals surface area contributed by atoms with Gasteiger partial charge in [0.2, 0.25) is 0 Å². The molecule has 2 aliphatic rings. The fourth-order valence-electron chi connectivity index (χ4n) is 4.46. The Labute approximate surface area is 183 Å². The van der Waals surface area contributed by atoms with Crippen LogP contribution in [0.1, 0.15) is 43.5 Å². The van der Waals surface area contributed by atoms with E-state index in [0.29, 0.717) is 6.04 Å². The summed E-state index contributed by atoms with van der Waals surface area (Å²) in [5, 5.41) is 1.05. The van der Waals surface area contributed by atoms with Gasteiger partial charge in [-0.1, -0.05) is 0 Å². The van der Waals surface area contributed by atoms with Crippen molar-refractivity contribution >= 4 is 16.8 Å². The molecule has 0 bridgehead atoms. The molecule has 6 heteroatoms. The van der Waals surface area contributed by atoms with E-state index < -0.39 is 0 Å². The van der Waals surface area contributed by atoms with Crippen molar-refractivity contribution in [3.63, 3.8) is 0 Å². The Morgan fingerprint density at radius 2 is 1.87 bits per heavy atom. The lowest BCUT2D eigenvalue weighted by Crippen LogP contribution is -2.41. The highest BCUT2D eigenvalue weighted by molar-refractivity contribution is 5.98. The highest BCUT2D eigenvalue weighted by Gasteiger charge is 2.23. The summed E-state index contributed by atoms with van der Waals surface area (Å²) in [4.78, 5) is 21.5. The van der Waals surface area contributed by atoms with Gasteiger partial charge < -0.3 is 19.1 Å². The van der Waals surface area contributed by atoms with Gasteiger partial charge in [0.15, 0.2) is 0 Å². The molecule has 2 aliphatic heterocycles. The van der Waals surface area contributed by atoms with Crippen molar-refractivity contribution in [3.05, 3.63) is 54.4 Å². The fourth-order valence-corrected chi connectivity index (χ4v) is 4.46. The standard InChI is InChI=1S/C25H30N4O2/c1-18(2)27-13-9-21(10-14-27)31-22-5-7-24(26-17-22)29-15-8-19-16-20(4-6-23(19)29)25(30)28-11-3-12-28/h4-8,15-18,21H,3,9-14H2,1-2H3. The minimum atomic E-state index is 0.125. The molecule has 0 saturated carbocycles. The monoisotopic (exact) mass is 418 g/mol. The van der Waals surface area contributed by atoms with E-state index in [9.17, 15) is 4.79 Å². The molecule has 0 N–H and O–H groups in total. The lowest BCUT2D eigenvalue weighted by Gasteiger charge is -2.34. The molecule has 4 heterocycles. The molecular formula is C25H30N4O2. The van der Waals surface area contributed by atoms with Gasteiger partial charge in [0, 0.05) is 49.4 Å². The predicted molar refractivity (Wildman–Crippen MR) is 122 cm³/mol. The van der Waals surface area contributed by atoms with Gasteiger partial charge in [-0.25, -0.2) is 4.98 Å². The molecule has 2 aromatic heterocycles. The topological polar surface area (TPSA) is 50.6 Å². The third kappa shape index (κ3) is 4.04. The van der Waals surface area contributed by atoms with Gasteiger partial charge in [0.25, 0.3) is 5.91 Å². The molecule has 162 valence electrons. The highest BCUT2D eigenvalue weighted by atomic mass is 16.5. The zero-order chi connectivity index (χ0) is 21.4. The van der Waals surface area contributed by atoms with E-state index in [1.165, 1.54) is 0 Å². The Kier molecular flexibility index (Phi) is 5.40. The van der Waals surface area contributed by atoms with E-state index >= 15 is 0 Å². The number of hydrogen-bond donors (Lipinski definition) is 0. The van der Waals surface area contributed by atoms with Crippen LogP contribution in [0, 0.1) is 0 Å². The van der Waals surface area contributed by atoms with Gasteiger partial charge in [-0.15, -0.1) is 0 Å². The summed E-state index contributed by atoms with van der Waals surface area (Å²) in [5.41, 5.74) is 1.80. The van der Waals surface area contributed by atoms with Crippen LogP contribution in [0.5, 0.6) is 5.75 Å². The number of hydrogen-bond acceptors (Lipinski definition) is 4. The van der Waals surface area contributed by atoms with Gasteiger partial charge >= 0.3 is 0 Å². The number of amides is 1. The molecule has 1 aromatic carbocycles. The number of likely N-dealkylation sites (tertiary alicyclic amines) is 2. The summed E-state index contributed by atoms with van der Waals surface area (Å²) < 4.78 is 8.24. The molecule has 2 fully saturated rings. The molecule has 2 saturated heterocycles. The SMILES string of the molecule is CC(C)N1CCC(Oc2ccc(-n3ccc4cc(C(=O)N5CCC5)ccc43)nc2)CC1. The summed E-state index contributed by atoms with van der Waals surface area (Å²) in [7, 11) is 0. The zero-order valence-corrected chi connectivity index (χ0v) is 18.3. The number of carbonyl (C=O) groups excluding carboxylic acids is 1. The number of fused-ring (bicyclic) bond motifs is 1. The van der Waals surface area contributed by atoms with Crippen LogP contribution in [0.2, 0.25) is 0 Å². The molecular weight excluding hydrogens is 388 g/mol. The Hall–Kier alpha value is -2.86. The number of pyridine rings is 1. The van der Waals surface area contributed by atoms with Crippen LogP contribution in [-0.2, 0) is 0 Å². The molecule has 0 aliphatic carbocycles. The summed E-state index contributed by atoms with van der Waals surface area (Å²) in [6, 6.07) is 12.5. The lowest BCUT2D eigenvalue weighted by molar-refractivity contribution is 0.0652. The molecule has 6 nitrogen and oxygen atoms in total. The van der Waals surface area contributed by atoms with E-state index in [4.69, 9.17) is 4.74 Å². The van der Waals surface area contributed by atoms with E-state index in [-0.39, 0.29) is 12.0 Å². The first-order valence-electron chi connectivity index (χ1n) is 11.4. The van der Waals surface area contributed by atoms with E-state index in [1.807, 2.05) is 53.7 Å². The first-order valence-corrected chi connectivity index (χ1v) is 11.4. The van der Waals surface area contributed by atoms with Gasteiger partial charge in [-0.3, -0.25) is 4.79 Å². The van der Waals surface area contributed by atoms with Crippen molar-refractivity contribution in [1.82, 2.24) is 19.4 Å². The largest absolute Gasteiger partial charge is 0.489 e. The van der Waals surface area contributed by atoms with Gasteiger partial charge in [-0.2, -0.15) is 0 Å². The van der Waals surface area contributed by atoms with E-state index in [1.54, 1.807) is 0 Å². The molecule has 0 atom stereocenters. The number of benzene rings is 1. The number of carbonyl (C=O) groups is 1. The summed E-state index contributed by atoms with van der Waals surface area (Å²) in [5.74, 6) is 1.80. The fraction of sp³-hybridized carbons (Fsp3) is 0.440. The normalized spacial score (nSPS) is 17.8. The van der Waals surface area contributed by atoms with Gasteiger partial charge in [0.1, 0.15) is 17.7 Å². The second kappa shape index (κ2) is 8.35. The molecule has 0 unspecified atom stereocenters. The number of nitrogens with zero attached hydrogens (tertiary/aromatic N) is 4. The Balaban J connectivity index is 1.28. The van der Waals surface area contributed by atoms with Crippen molar-refractivity contribution in [2.75, 3.05) is 26.2 Å². The minimum Gasteiger partial charge on any atom is -0.489 e. The first-order chi connectivity index (χ1) is 15.1. The Morgan fingerprint density at radius 1 is 1.06 bits per heavy atom. The number of ether oxygens (including phenoxy) is 1. The van der Waals surface area contributed by atoms with Crippen molar-refractivity contribution in [1.29, 1.82) is 0 Å². The molecule has 31 heavy (non-hydrogen) atoms. The van der Waals surface area contributed by atoms with Crippen LogP contribution >= 0.6 is 0 Å². The van der Waals surface area contributed by atoms with Crippen molar-refractivity contribution < 1.29 is 9.53 Å². The van der Waals surface area contributed by atoms with E-state index in [2.05, 4.69) is 28.3 Å². The zero-order valence-electron chi connectivity index (χ0n) is 18.3. The average Bonchev–Trinajstić information content (AvgIpc) is 3.17. The summed E-state index contributed by atoms with van der Waals surface area (Å²) in [6.07, 6.45) is 7.30. The maximum Gasteiger partial charge on any atom is 0.253 e. The number of aromatic nitrogens is 2. The number of piperidine rings is 1. The lowest BCUT2D eigenvalue weighted by atomic mass is 10.1. The van der Waals surface area contributed by atoms with E-state index in [0.717, 1.165) is 73.5 Å². The molecule has 5 rings (SSSR count). The number of rotatable bonds is 5. The molecule has 0 radical (unpaired) electrons. The quantitative estimate of drug-likeness (QED) is 0.625. The third-order valence-electron chi connectivity index (χ3n) is 6.56. The van der Waals surface area contributed by atoms with Gasteiger partial charge in [-0.05, 0) is 69.5 Å². The second-order valence-electron chi connectivity index (χ2n) is 8.90. The van der Waals surface area contributed by atoms with Crippen molar-refractivity contribution in [2.24, 2.45) is 0 Å². The maximum absolute atomic E-state index is 12.5. The van der Waals surface area contributed by atoms with Crippen LogP contribution in [0.4, 0.5) is 0 Å². The van der Waals surface area contributed by atoms with Crippen molar-refractivity contribution in [3.8, 4) is 11.6 Å². The van der Waals surface area contributed by atoms with Crippen molar-refractivity contribution in [2.45, 2.75) is 45.3 Å². The van der Waals surface area contributed by atoms with Crippen LogP contribution < -0.4 is 4.74 Å². The van der Waals surface area contributed by atoms with Crippen LogP contribution in [-0.4, -0.2) is 63.6 Å². The van der Waals surface area contributed by atoms with Crippen LogP contribution in [0.3, 0.4) is 0 Å². The van der Waals surface area contributed by atoms with Crippen LogP contribution in [0.25, 0.3) is 16.7 Å². The summed E-state index contributed by atoms with van der Waals surface area (Å²) in [6.45, 7) is 8.41. The maximum atomic E-state index is 12.5. The predicted octanol–water partition coefficient (Wildman–Crippen LogP) is 4.12. The van der Waals surface area contributed by atoms with Gasteiger partial charge in [0.05, 0.1) is 11.7 Å². The first kappa shape index (κ1) is 20.1. The average molecular weight is 419 g/mol. The third-order valence-corrected chi connectivity index (χ3v) is 6.56. The Bertz CT molecular complexity index is 1060. The highest BCUT2D eigenvalue weighted by Crippen LogP contribution is 2.24. The second-order valence-corrected chi connectivity index (χ2v) is 8.90. The smallest absolute Gasteiger partial charge is 0.253 e. The minimum absolute atomic E-state index is 0.125. The molecule has 0 spiro atoms. The summed E-state index contributed by atoms with van der Waals surface area (Å²) >= 11 is 0. The molecule has 1 amide bonds.